The van der Waals surface area contributed by atoms with E-state index in [4.69, 9.17) is 9.72 Å². The van der Waals surface area contributed by atoms with Crippen molar-refractivity contribution in [3.63, 3.8) is 0 Å². The summed E-state index contributed by atoms with van der Waals surface area (Å²) >= 11 is 0. The van der Waals surface area contributed by atoms with Crippen LogP contribution in [0.5, 0.6) is 5.75 Å². The number of piperidine rings is 1. The van der Waals surface area contributed by atoms with Gasteiger partial charge in [0, 0.05) is 24.3 Å². The van der Waals surface area contributed by atoms with E-state index < -0.39 is 5.67 Å². The summed E-state index contributed by atoms with van der Waals surface area (Å²) in [6, 6.07) is 9.75. The molecule has 1 aliphatic carbocycles. The van der Waals surface area contributed by atoms with Crippen LogP contribution < -0.4 is 10.1 Å². The molecule has 0 amide bonds. The molecule has 6 heteroatoms. The molecule has 1 saturated heterocycles. The van der Waals surface area contributed by atoms with E-state index in [-0.39, 0.29) is 6.61 Å². The topological polar surface area (TPSA) is 49.8 Å². The van der Waals surface area contributed by atoms with Gasteiger partial charge in [-0.25, -0.2) is 9.37 Å². The lowest BCUT2D eigenvalue weighted by atomic mass is 9.95. The van der Waals surface area contributed by atoms with Gasteiger partial charge in [-0.1, -0.05) is 30.9 Å². The molecule has 2 fully saturated rings. The van der Waals surface area contributed by atoms with Crippen LogP contribution in [-0.4, -0.2) is 48.1 Å². The van der Waals surface area contributed by atoms with Gasteiger partial charge in [0.1, 0.15) is 29.2 Å². The first kappa shape index (κ1) is 20.9. The molecule has 1 N–H and O–H groups in total. The summed E-state index contributed by atoms with van der Waals surface area (Å²) < 4.78 is 21.1. The number of rotatable bonds is 5. The van der Waals surface area contributed by atoms with Crippen molar-refractivity contribution in [3.05, 3.63) is 72.2 Å². The molecule has 3 aliphatic rings. The molecule has 2 aliphatic heterocycles. The number of para-hydroxylation sites is 1. The first-order valence-electron chi connectivity index (χ1n) is 11.3. The van der Waals surface area contributed by atoms with Crippen molar-refractivity contribution in [2.75, 3.05) is 26.7 Å². The average molecular weight is 433 g/mol. The zero-order chi connectivity index (χ0) is 22.1. The molecule has 1 saturated carbocycles. The van der Waals surface area contributed by atoms with Crippen molar-refractivity contribution in [1.29, 1.82) is 0 Å². The quantitative estimate of drug-likeness (QED) is 0.547. The van der Waals surface area contributed by atoms with Crippen LogP contribution in [0.15, 0.2) is 71.5 Å². The molecule has 166 valence electrons. The lowest BCUT2D eigenvalue weighted by Gasteiger charge is -2.30. The monoisotopic (exact) mass is 432 g/mol. The molecule has 1 aromatic carbocycles. The van der Waals surface area contributed by atoms with Gasteiger partial charge in [-0.2, -0.15) is 0 Å². The maximum absolute atomic E-state index is 15.1. The molecule has 0 spiro atoms. The number of hydrogen-bond donors (Lipinski definition) is 1. The number of halogens is 1. The van der Waals surface area contributed by atoms with Gasteiger partial charge in [0.05, 0.1) is 0 Å². The van der Waals surface area contributed by atoms with Gasteiger partial charge in [-0.05, 0) is 68.5 Å². The van der Waals surface area contributed by atoms with Crippen molar-refractivity contribution in [2.45, 2.75) is 31.4 Å². The Kier molecular flexibility index (Phi) is 5.55. The predicted molar refractivity (Wildman–Crippen MR) is 127 cm³/mol. The van der Waals surface area contributed by atoms with E-state index >= 15 is 4.39 Å². The maximum atomic E-state index is 15.1. The summed E-state index contributed by atoms with van der Waals surface area (Å²) in [6.07, 6.45) is 9.70. The third-order valence-electron chi connectivity index (χ3n) is 6.44. The first-order valence-corrected chi connectivity index (χ1v) is 11.3. The summed E-state index contributed by atoms with van der Waals surface area (Å²) in [5.74, 6) is 1.96. The molecule has 32 heavy (non-hydrogen) atoms. The zero-order valence-electron chi connectivity index (χ0n) is 18.5. The smallest absolute Gasteiger partial charge is 0.158 e. The normalized spacial score (nSPS) is 21.1. The first-order chi connectivity index (χ1) is 15.6. The highest BCUT2D eigenvalue weighted by Gasteiger charge is 2.33. The molecule has 0 radical (unpaired) electrons. The molecular formula is C26H29FN4O. The highest BCUT2D eigenvalue weighted by molar-refractivity contribution is 6.01. The number of aliphatic imine (C=N–C) groups is 1. The van der Waals surface area contributed by atoms with Gasteiger partial charge in [0.2, 0.25) is 0 Å². The van der Waals surface area contributed by atoms with E-state index in [1.165, 1.54) is 18.4 Å². The Hall–Kier alpha value is -2.99. The summed E-state index contributed by atoms with van der Waals surface area (Å²) in [5.41, 5.74) is 2.30. The average Bonchev–Trinajstić information content (AvgIpc) is 3.65. The number of aromatic nitrogens is 1. The molecule has 5 nitrogen and oxygen atoms in total. The Morgan fingerprint density at radius 3 is 2.81 bits per heavy atom. The van der Waals surface area contributed by atoms with Crippen LogP contribution in [-0.2, 0) is 0 Å². The summed E-state index contributed by atoms with van der Waals surface area (Å²) in [5, 5.41) is 4.15. The Morgan fingerprint density at radius 2 is 2.06 bits per heavy atom. The summed E-state index contributed by atoms with van der Waals surface area (Å²) in [7, 11) is 1.77. The molecular weight excluding hydrogens is 403 g/mol. The molecule has 2 aromatic rings. The standard InChI is InChI=1S/C26H29FN4O/c1-18-6-7-21(19-8-9-19)16-31(18)25(28-2)22-11-10-20-4-3-5-23(24(20)30-22)32-17-26(27)12-14-29-15-13-26/h3-7,10-11,16,19,29H,1,8-9,12-15,17H2,2H3. The Balaban J connectivity index is 1.45. The predicted octanol–water partition coefficient (Wildman–Crippen LogP) is 4.76. The van der Waals surface area contributed by atoms with E-state index in [0.717, 1.165) is 22.6 Å². The van der Waals surface area contributed by atoms with Gasteiger partial charge in [0.15, 0.2) is 5.84 Å². The highest BCUT2D eigenvalue weighted by Crippen LogP contribution is 2.39. The van der Waals surface area contributed by atoms with Crippen molar-refractivity contribution < 1.29 is 9.13 Å². The molecule has 3 heterocycles. The third-order valence-corrected chi connectivity index (χ3v) is 6.44. The number of hydrogen-bond acceptors (Lipinski definition) is 4. The van der Waals surface area contributed by atoms with Crippen LogP contribution in [0.2, 0.25) is 0 Å². The van der Waals surface area contributed by atoms with E-state index in [1.807, 2.05) is 41.3 Å². The number of ether oxygens (including phenoxy) is 1. The van der Waals surface area contributed by atoms with E-state index in [2.05, 4.69) is 29.2 Å². The van der Waals surface area contributed by atoms with Crippen molar-refractivity contribution in [2.24, 2.45) is 10.9 Å². The molecule has 0 atom stereocenters. The zero-order valence-corrected chi connectivity index (χ0v) is 18.5. The van der Waals surface area contributed by atoms with E-state index in [0.29, 0.717) is 43.1 Å². The lowest BCUT2D eigenvalue weighted by Crippen LogP contribution is -2.42. The second-order valence-corrected chi connectivity index (χ2v) is 8.86. The van der Waals surface area contributed by atoms with Crippen LogP contribution in [0.3, 0.4) is 0 Å². The molecule has 1 aromatic heterocycles. The number of benzene rings is 1. The van der Waals surface area contributed by atoms with Crippen LogP contribution in [0.25, 0.3) is 10.9 Å². The largest absolute Gasteiger partial charge is 0.488 e. The number of fused-ring (bicyclic) bond motifs is 1. The lowest BCUT2D eigenvalue weighted by molar-refractivity contribution is 0.0545. The summed E-state index contributed by atoms with van der Waals surface area (Å²) in [6.45, 7) is 5.58. The van der Waals surface area contributed by atoms with Gasteiger partial charge in [-0.15, -0.1) is 0 Å². The fourth-order valence-electron chi connectivity index (χ4n) is 4.34. The van der Waals surface area contributed by atoms with E-state index in [9.17, 15) is 0 Å². The van der Waals surface area contributed by atoms with Crippen LogP contribution in [0.1, 0.15) is 31.4 Å². The fraction of sp³-hybridized carbons (Fsp3) is 0.385. The number of nitrogens with one attached hydrogen (secondary N) is 1. The van der Waals surface area contributed by atoms with Crippen LogP contribution >= 0.6 is 0 Å². The van der Waals surface area contributed by atoms with Crippen molar-refractivity contribution >= 4 is 16.7 Å². The Labute approximate surface area is 188 Å². The Bertz CT molecular complexity index is 1130. The second-order valence-electron chi connectivity index (χ2n) is 8.86. The van der Waals surface area contributed by atoms with E-state index in [1.54, 1.807) is 7.05 Å². The summed E-state index contributed by atoms with van der Waals surface area (Å²) in [4.78, 5) is 11.5. The van der Waals surface area contributed by atoms with Crippen molar-refractivity contribution in [1.82, 2.24) is 15.2 Å². The second kappa shape index (κ2) is 8.51. The molecule has 5 rings (SSSR count). The fourth-order valence-corrected chi connectivity index (χ4v) is 4.34. The number of nitrogens with zero attached hydrogens (tertiary/aromatic N) is 3. The van der Waals surface area contributed by atoms with Crippen LogP contribution in [0, 0.1) is 5.92 Å². The maximum Gasteiger partial charge on any atom is 0.158 e. The molecule has 0 bridgehead atoms. The number of allylic oxidation sites excluding steroid dienone is 3. The number of pyridine rings is 1. The van der Waals surface area contributed by atoms with Gasteiger partial charge < -0.3 is 15.0 Å². The van der Waals surface area contributed by atoms with Gasteiger partial charge in [0.25, 0.3) is 0 Å². The van der Waals surface area contributed by atoms with Gasteiger partial charge >= 0.3 is 0 Å². The number of amidine groups is 1. The minimum absolute atomic E-state index is 0.0373. The highest BCUT2D eigenvalue weighted by atomic mass is 19.1. The molecule has 0 unspecified atom stereocenters. The van der Waals surface area contributed by atoms with Crippen molar-refractivity contribution in [3.8, 4) is 5.75 Å². The van der Waals surface area contributed by atoms with Gasteiger partial charge in [-0.3, -0.25) is 4.99 Å². The SMILES string of the molecule is C=C1C=CC(C2CC2)=CN1C(=NC)c1ccc2cccc(OCC3(F)CCNCC3)c2n1. The Morgan fingerprint density at radius 1 is 1.25 bits per heavy atom. The minimum atomic E-state index is -1.30. The number of alkyl halides is 1. The third kappa shape index (κ3) is 4.19. The van der Waals surface area contributed by atoms with Crippen LogP contribution in [0.4, 0.5) is 4.39 Å². The minimum Gasteiger partial charge on any atom is -0.488 e.